The molecule has 4 aliphatic heterocycles. The number of hydrogen-bond acceptors (Lipinski definition) is 7. The number of likely N-dealkylation sites (tertiary alicyclic amines) is 1. The first kappa shape index (κ1) is 17.3. The maximum atomic E-state index is 12.4. The summed E-state index contributed by atoms with van der Waals surface area (Å²) in [7, 11) is 0. The van der Waals surface area contributed by atoms with Crippen molar-refractivity contribution in [1.82, 2.24) is 25.7 Å². The molecule has 10 heteroatoms. The van der Waals surface area contributed by atoms with Gasteiger partial charge in [0.2, 0.25) is 0 Å². The number of nitrogens with zero attached hydrogens (tertiary/aromatic N) is 3. The average molecular weight is 371 g/mol. The van der Waals surface area contributed by atoms with Crippen LogP contribution in [0.4, 0.5) is 4.79 Å². The van der Waals surface area contributed by atoms with E-state index < -0.39 is 6.04 Å². The second kappa shape index (κ2) is 7.28. The van der Waals surface area contributed by atoms with Crippen molar-refractivity contribution >= 4 is 24.8 Å². The zero-order valence-electron chi connectivity index (χ0n) is 14.1. The van der Waals surface area contributed by atoms with Gasteiger partial charge in [-0.05, 0) is 38.8 Å². The Balaban J connectivity index is 1.21. The number of nitrogens with one attached hydrogen (secondary N) is 2. The number of urea groups is 1. The second-order valence-corrected chi connectivity index (χ2v) is 7.41. The Morgan fingerprint density at radius 1 is 1.32 bits per heavy atom. The maximum Gasteiger partial charge on any atom is 0.345 e. The molecule has 25 heavy (non-hydrogen) atoms. The summed E-state index contributed by atoms with van der Waals surface area (Å²) in [6.07, 6.45) is 3.64. The lowest BCUT2D eigenvalue weighted by molar-refractivity contribution is -0.139. The lowest BCUT2D eigenvalue weighted by Gasteiger charge is -2.36. The Bertz CT molecular complexity index is 534. The average Bonchev–Trinajstić information content (AvgIpc) is 3.10. The summed E-state index contributed by atoms with van der Waals surface area (Å²) in [5.74, 6) is -0.273. The number of thiol groups is 1. The number of piperidine rings is 1. The molecule has 4 fully saturated rings. The fraction of sp³-hybridized carbons (Fsp3) is 0.867. The Morgan fingerprint density at radius 2 is 2.16 bits per heavy atom. The largest absolute Gasteiger partial charge is 0.345 e. The molecule has 2 bridgehead atoms. The third-order valence-corrected chi connectivity index (χ3v) is 5.95. The number of fused-ring (bicyclic) bond motifs is 2. The number of carbonyl (C=O) groups is 2. The predicted molar refractivity (Wildman–Crippen MR) is 91.3 cm³/mol. The van der Waals surface area contributed by atoms with Crippen molar-refractivity contribution < 1.29 is 18.7 Å². The van der Waals surface area contributed by atoms with Gasteiger partial charge in [-0.2, -0.15) is 5.06 Å². The molecule has 0 aromatic heterocycles. The number of amides is 3. The van der Waals surface area contributed by atoms with Gasteiger partial charge >= 0.3 is 6.03 Å². The van der Waals surface area contributed by atoms with E-state index in [2.05, 4.69) is 28.6 Å². The van der Waals surface area contributed by atoms with E-state index in [4.69, 9.17) is 9.12 Å². The molecule has 4 atom stereocenters. The minimum absolute atomic E-state index is 0.0314. The molecule has 0 spiro atoms. The fourth-order valence-corrected chi connectivity index (χ4v) is 4.40. The molecule has 0 aromatic carbocycles. The predicted octanol–water partition coefficient (Wildman–Crippen LogP) is -0.485. The fourth-order valence-electron chi connectivity index (χ4n) is 4.20. The van der Waals surface area contributed by atoms with Crippen LogP contribution in [0.25, 0.3) is 0 Å². The summed E-state index contributed by atoms with van der Waals surface area (Å²) in [6.45, 7) is 4.28. The zero-order chi connectivity index (χ0) is 17.4. The van der Waals surface area contributed by atoms with Crippen LogP contribution >= 0.6 is 12.9 Å². The first-order valence-corrected chi connectivity index (χ1v) is 9.34. The van der Waals surface area contributed by atoms with E-state index in [1.807, 2.05) is 0 Å². The molecule has 0 saturated carbocycles. The van der Waals surface area contributed by atoms with E-state index >= 15 is 0 Å². The van der Waals surface area contributed by atoms with Gasteiger partial charge in [0.25, 0.3) is 5.91 Å². The smallest absolute Gasteiger partial charge is 0.310 e. The molecule has 4 rings (SSSR count). The topological polar surface area (TPSA) is 86.4 Å². The van der Waals surface area contributed by atoms with Crippen LogP contribution in [-0.2, 0) is 13.9 Å². The molecule has 0 aromatic rings. The zero-order valence-corrected chi connectivity index (χ0v) is 15.0. The molecule has 4 saturated heterocycles. The van der Waals surface area contributed by atoms with Gasteiger partial charge in [-0.1, -0.05) is 0 Å². The van der Waals surface area contributed by atoms with Crippen LogP contribution in [0.1, 0.15) is 25.7 Å². The van der Waals surface area contributed by atoms with Crippen LogP contribution in [-0.4, -0.2) is 83.8 Å². The van der Waals surface area contributed by atoms with Crippen LogP contribution in [0, 0.1) is 0 Å². The minimum Gasteiger partial charge on any atom is -0.310 e. The van der Waals surface area contributed by atoms with Gasteiger partial charge in [-0.15, -0.1) is 0 Å². The van der Waals surface area contributed by atoms with Crippen molar-refractivity contribution in [3.63, 3.8) is 0 Å². The molecule has 140 valence electrons. The molecule has 0 radical (unpaired) electrons. The molecule has 4 aliphatic rings. The van der Waals surface area contributed by atoms with Crippen molar-refractivity contribution in [3.05, 3.63) is 0 Å². The van der Waals surface area contributed by atoms with Crippen LogP contribution < -0.4 is 10.8 Å². The standard InChI is InChI=1S/C15H25N5O4S/c21-14(13-3-2-11-8-19(13)15(22)20(11)24-25)17-23-9-10-6-12(7-16-10)18-4-1-5-18/h10-13,16,25H,1-9H2,(H,17,21)/t10-,11?,12+,13?/m1/s1. The SMILES string of the molecule is O=C(NOC[C@H]1C[C@H](N2CCC2)CN1)C1CCC2CN1C(=O)N2OS. The normalized spacial score (nSPS) is 35.2. The first-order chi connectivity index (χ1) is 12.2. The van der Waals surface area contributed by atoms with E-state index in [0.29, 0.717) is 32.0 Å². The Kier molecular flexibility index (Phi) is 5.05. The molecular formula is C15H25N5O4S. The van der Waals surface area contributed by atoms with Crippen molar-refractivity contribution in [2.75, 3.05) is 32.8 Å². The van der Waals surface area contributed by atoms with E-state index in [1.54, 1.807) is 0 Å². The third-order valence-electron chi connectivity index (χ3n) is 5.78. The molecular weight excluding hydrogens is 346 g/mol. The van der Waals surface area contributed by atoms with E-state index in [0.717, 1.165) is 13.0 Å². The summed E-state index contributed by atoms with van der Waals surface area (Å²) in [4.78, 5) is 34.0. The van der Waals surface area contributed by atoms with Crippen LogP contribution in [0.5, 0.6) is 0 Å². The highest BCUT2D eigenvalue weighted by atomic mass is 32.1. The van der Waals surface area contributed by atoms with Gasteiger partial charge in [-0.3, -0.25) is 14.5 Å². The first-order valence-electron chi connectivity index (χ1n) is 8.98. The van der Waals surface area contributed by atoms with Crippen LogP contribution in [0.15, 0.2) is 0 Å². The third kappa shape index (κ3) is 3.33. The Hall–Kier alpha value is -1.07. The number of carbonyl (C=O) groups excluding carboxylic acids is 2. The summed E-state index contributed by atoms with van der Waals surface area (Å²) < 4.78 is 4.82. The van der Waals surface area contributed by atoms with Crippen molar-refractivity contribution in [2.45, 2.75) is 49.9 Å². The van der Waals surface area contributed by atoms with Crippen molar-refractivity contribution in [1.29, 1.82) is 0 Å². The highest BCUT2D eigenvalue weighted by molar-refractivity contribution is 7.75. The van der Waals surface area contributed by atoms with Gasteiger partial charge in [0.05, 0.1) is 12.6 Å². The molecule has 2 unspecified atom stereocenters. The van der Waals surface area contributed by atoms with E-state index in [-0.39, 0.29) is 24.0 Å². The lowest BCUT2D eigenvalue weighted by atomic mass is 10.0. The highest BCUT2D eigenvalue weighted by Gasteiger charge is 2.48. The van der Waals surface area contributed by atoms with Gasteiger partial charge in [0.15, 0.2) is 0 Å². The van der Waals surface area contributed by atoms with Gasteiger partial charge < -0.3 is 10.2 Å². The van der Waals surface area contributed by atoms with E-state index in [9.17, 15) is 9.59 Å². The minimum atomic E-state index is -0.511. The van der Waals surface area contributed by atoms with Crippen molar-refractivity contribution in [2.24, 2.45) is 0 Å². The number of hydroxylamine groups is 3. The van der Waals surface area contributed by atoms with Crippen molar-refractivity contribution in [3.8, 4) is 0 Å². The Morgan fingerprint density at radius 3 is 2.88 bits per heavy atom. The van der Waals surface area contributed by atoms with E-state index in [1.165, 1.54) is 29.5 Å². The monoisotopic (exact) mass is 371 g/mol. The van der Waals surface area contributed by atoms with Crippen LogP contribution in [0.2, 0.25) is 0 Å². The quantitative estimate of drug-likeness (QED) is 0.332. The van der Waals surface area contributed by atoms with Crippen LogP contribution in [0.3, 0.4) is 0 Å². The number of hydrogen-bond donors (Lipinski definition) is 3. The molecule has 0 aliphatic carbocycles. The second-order valence-electron chi connectivity index (χ2n) is 7.25. The summed E-state index contributed by atoms with van der Waals surface area (Å²) in [5, 5.41) is 4.67. The summed E-state index contributed by atoms with van der Waals surface area (Å²) >= 11 is 3.72. The Labute approximate surface area is 152 Å². The summed E-state index contributed by atoms with van der Waals surface area (Å²) in [6, 6.07) is -0.0166. The molecule has 9 nitrogen and oxygen atoms in total. The molecule has 4 heterocycles. The lowest BCUT2D eigenvalue weighted by Crippen LogP contribution is -2.50. The summed E-state index contributed by atoms with van der Waals surface area (Å²) in [5.41, 5.74) is 2.52. The van der Waals surface area contributed by atoms with Gasteiger partial charge in [0.1, 0.15) is 6.04 Å². The highest BCUT2D eigenvalue weighted by Crippen LogP contribution is 2.30. The molecule has 3 amide bonds. The maximum absolute atomic E-state index is 12.4. The number of rotatable bonds is 6. The van der Waals surface area contributed by atoms with Gasteiger partial charge in [0, 0.05) is 38.1 Å². The van der Waals surface area contributed by atoms with Gasteiger partial charge in [-0.25, -0.2) is 14.6 Å². The molecule has 2 N–H and O–H groups in total.